The topological polar surface area (TPSA) is 56.6 Å². The molecule has 1 aromatic heterocycles. The molecular weight excluding hydrogens is 216 g/mol. The summed E-state index contributed by atoms with van der Waals surface area (Å²) in [4.78, 5) is 6.06. The van der Waals surface area contributed by atoms with Crippen LogP contribution in [0.15, 0.2) is 12.3 Å². The Bertz CT molecular complexity index is 320. The molecule has 84 valence electrons. The molecule has 1 aromatic rings. The molecule has 0 saturated heterocycles. The molecule has 2 N–H and O–H groups in total. The highest BCUT2D eigenvalue weighted by atomic mass is 35.5. The van der Waals surface area contributed by atoms with E-state index in [2.05, 4.69) is 4.98 Å². The van der Waals surface area contributed by atoms with Gasteiger partial charge in [-0.2, -0.15) is 0 Å². The van der Waals surface area contributed by atoms with E-state index in [0.717, 1.165) is 12.4 Å². The van der Waals surface area contributed by atoms with Crippen molar-refractivity contribution in [3.8, 4) is 0 Å². The van der Waals surface area contributed by atoms with Crippen LogP contribution in [0.4, 0.5) is 5.82 Å². The van der Waals surface area contributed by atoms with E-state index in [4.69, 9.17) is 21.8 Å². The van der Waals surface area contributed by atoms with Gasteiger partial charge in [0.05, 0.1) is 18.2 Å². The summed E-state index contributed by atoms with van der Waals surface area (Å²) < 4.78 is 0. The van der Waals surface area contributed by atoms with E-state index in [9.17, 15) is 0 Å². The summed E-state index contributed by atoms with van der Waals surface area (Å²) in [6.45, 7) is 3.22. The van der Waals surface area contributed by atoms with Gasteiger partial charge in [0.15, 0.2) is 0 Å². The van der Waals surface area contributed by atoms with Crippen LogP contribution in [0.1, 0.15) is 12.5 Å². The molecule has 1 rings (SSSR count). The minimum atomic E-state index is -0.106. The molecule has 0 aliphatic heterocycles. The summed E-state index contributed by atoms with van der Waals surface area (Å²) in [7, 11) is 0. The van der Waals surface area contributed by atoms with Gasteiger partial charge in [-0.3, -0.25) is 0 Å². The normalized spacial score (nSPS) is 10.4. The van der Waals surface area contributed by atoms with Gasteiger partial charge in [-0.15, -0.1) is 0 Å². The van der Waals surface area contributed by atoms with E-state index in [-0.39, 0.29) is 13.2 Å². The van der Waals surface area contributed by atoms with E-state index >= 15 is 0 Å². The Kier molecular flexibility index (Phi) is 4.81. The van der Waals surface area contributed by atoms with Crippen molar-refractivity contribution in [2.45, 2.75) is 13.5 Å². The smallest absolute Gasteiger partial charge is 0.129 e. The molecular formula is C10H15ClN2O2. The molecule has 0 amide bonds. The SMILES string of the molecule is CCN(CCO)c1cc(CO)c(Cl)cn1. The van der Waals surface area contributed by atoms with E-state index in [1.54, 1.807) is 6.07 Å². The van der Waals surface area contributed by atoms with Crippen LogP contribution in [-0.2, 0) is 6.61 Å². The fourth-order valence-electron chi connectivity index (χ4n) is 1.32. The molecule has 0 spiro atoms. The van der Waals surface area contributed by atoms with E-state index in [1.807, 2.05) is 11.8 Å². The van der Waals surface area contributed by atoms with Gasteiger partial charge < -0.3 is 15.1 Å². The van der Waals surface area contributed by atoms with Crippen molar-refractivity contribution in [3.05, 3.63) is 22.8 Å². The molecule has 0 aromatic carbocycles. The maximum atomic E-state index is 9.05. The minimum absolute atomic E-state index is 0.0760. The number of hydrogen-bond acceptors (Lipinski definition) is 4. The number of hydrogen-bond donors (Lipinski definition) is 2. The first-order valence-electron chi connectivity index (χ1n) is 4.84. The molecule has 1 heterocycles. The first-order chi connectivity index (χ1) is 7.22. The second-order valence-electron chi connectivity index (χ2n) is 3.10. The quantitative estimate of drug-likeness (QED) is 0.794. The average Bonchev–Trinajstić information content (AvgIpc) is 2.27. The monoisotopic (exact) mass is 230 g/mol. The van der Waals surface area contributed by atoms with Gasteiger partial charge in [-0.25, -0.2) is 4.98 Å². The lowest BCUT2D eigenvalue weighted by atomic mass is 10.2. The molecule has 0 fully saturated rings. The van der Waals surface area contributed by atoms with Gasteiger partial charge in [0.2, 0.25) is 0 Å². The molecule has 0 aliphatic carbocycles. The van der Waals surface area contributed by atoms with Crippen LogP contribution in [-0.4, -0.2) is 34.9 Å². The Morgan fingerprint density at radius 2 is 2.20 bits per heavy atom. The van der Waals surface area contributed by atoms with E-state index in [0.29, 0.717) is 17.1 Å². The Balaban J connectivity index is 2.92. The lowest BCUT2D eigenvalue weighted by Gasteiger charge is -2.21. The molecule has 0 saturated carbocycles. The number of anilines is 1. The maximum absolute atomic E-state index is 9.05. The number of pyridine rings is 1. The number of halogens is 1. The summed E-state index contributed by atoms with van der Waals surface area (Å²) in [5, 5.41) is 18.4. The van der Waals surface area contributed by atoms with Crippen molar-refractivity contribution in [1.82, 2.24) is 4.98 Å². The number of nitrogens with zero attached hydrogens (tertiary/aromatic N) is 2. The Morgan fingerprint density at radius 1 is 1.47 bits per heavy atom. The average molecular weight is 231 g/mol. The lowest BCUT2D eigenvalue weighted by Crippen LogP contribution is -2.27. The summed E-state index contributed by atoms with van der Waals surface area (Å²) in [5.74, 6) is 0.722. The highest BCUT2D eigenvalue weighted by molar-refractivity contribution is 6.31. The molecule has 0 unspecified atom stereocenters. The summed E-state index contributed by atoms with van der Waals surface area (Å²) in [6.07, 6.45) is 1.52. The zero-order valence-electron chi connectivity index (χ0n) is 8.65. The fourth-order valence-corrected chi connectivity index (χ4v) is 1.48. The number of aliphatic hydroxyl groups is 2. The largest absolute Gasteiger partial charge is 0.395 e. The fraction of sp³-hybridized carbons (Fsp3) is 0.500. The van der Waals surface area contributed by atoms with Crippen molar-refractivity contribution >= 4 is 17.4 Å². The number of rotatable bonds is 5. The Morgan fingerprint density at radius 3 is 2.73 bits per heavy atom. The van der Waals surface area contributed by atoms with Crippen LogP contribution in [0.25, 0.3) is 0 Å². The van der Waals surface area contributed by atoms with Crippen LogP contribution in [0.5, 0.6) is 0 Å². The summed E-state index contributed by atoms with van der Waals surface area (Å²) in [6, 6.07) is 1.74. The highest BCUT2D eigenvalue weighted by Crippen LogP contribution is 2.20. The third-order valence-corrected chi connectivity index (χ3v) is 2.51. The van der Waals surface area contributed by atoms with Gasteiger partial charge in [-0.1, -0.05) is 11.6 Å². The predicted octanol–water partition coefficient (Wildman–Crippen LogP) is 1.05. The zero-order chi connectivity index (χ0) is 11.3. The van der Waals surface area contributed by atoms with Crippen LogP contribution >= 0.6 is 11.6 Å². The minimum Gasteiger partial charge on any atom is -0.395 e. The molecule has 4 nitrogen and oxygen atoms in total. The number of aromatic nitrogens is 1. The van der Waals surface area contributed by atoms with Gasteiger partial charge in [0, 0.05) is 24.8 Å². The number of likely N-dealkylation sites (N-methyl/N-ethyl adjacent to an activating group) is 1. The third kappa shape index (κ3) is 3.06. The van der Waals surface area contributed by atoms with Crippen molar-refractivity contribution in [2.75, 3.05) is 24.6 Å². The van der Waals surface area contributed by atoms with Gasteiger partial charge in [0.1, 0.15) is 5.82 Å². The second-order valence-corrected chi connectivity index (χ2v) is 3.50. The van der Waals surface area contributed by atoms with Crippen LogP contribution in [0, 0.1) is 0 Å². The lowest BCUT2D eigenvalue weighted by molar-refractivity contribution is 0.281. The summed E-state index contributed by atoms with van der Waals surface area (Å²) in [5.41, 5.74) is 0.651. The Labute approximate surface area is 94.1 Å². The molecule has 0 aliphatic rings. The molecule has 0 radical (unpaired) electrons. The summed E-state index contributed by atoms with van der Waals surface area (Å²) >= 11 is 5.83. The van der Waals surface area contributed by atoms with Gasteiger partial charge in [-0.05, 0) is 13.0 Å². The maximum Gasteiger partial charge on any atom is 0.129 e. The van der Waals surface area contributed by atoms with Gasteiger partial charge >= 0.3 is 0 Å². The first-order valence-corrected chi connectivity index (χ1v) is 5.21. The number of aliphatic hydroxyl groups excluding tert-OH is 2. The zero-order valence-corrected chi connectivity index (χ0v) is 9.41. The molecule has 0 bridgehead atoms. The molecule has 15 heavy (non-hydrogen) atoms. The standard InChI is InChI=1S/C10H15ClN2O2/c1-2-13(3-4-14)10-5-8(7-15)9(11)6-12-10/h5-6,14-15H,2-4,7H2,1H3. The van der Waals surface area contributed by atoms with Crippen LogP contribution in [0.3, 0.4) is 0 Å². The van der Waals surface area contributed by atoms with Crippen molar-refractivity contribution in [1.29, 1.82) is 0 Å². The van der Waals surface area contributed by atoms with Crippen molar-refractivity contribution in [3.63, 3.8) is 0 Å². The third-order valence-electron chi connectivity index (χ3n) is 2.17. The second kappa shape index (κ2) is 5.90. The van der Waals surface area contributed by atoms with Crippen molar-refractivity contribution < 1.29 is 10.2 Å². The highest BCUT2D eigenvalue weighted by Gasteiger charge is 2.07. The van der Waals surface area contributed by atoms with Crippen LogP contribution in [0.2, 0.25) is 5.02 Å². The van der Waals surface area contributed by atoms with E-state index < -0.39 is 0 Å². The molecule has 5 heteroatoms. The van der Waals surface area contributed by atoms with Crippen molar-refractivity contribution in [2.24, 2.45) is 0 Å². The predicted molar refractivity (Wildman–Crippen MR) is 60.1 cm³/mol. The first kappa shape index (κ1) is 12.2. The Hall–Kier alpha value is -0.840. The van der Waals surface area contributed by atoms with Crippen LogP contribution < -0.4 is 4.90 Å². The molecule has 0 atom stereocenters. The van der Waals surface area contributed by atoms with Gasteiger partial charge in [0.25, 0.3) is 0 Å². The van der Waals surface area contributed by atoms with E-state index in [1.165, 1.54) is 6.20 Å².